The van der Waals surface area contributed by atoms with Crippen molar-refractivity contribution in [1.29, 1.82) is 0 Å². The largest absolute Gasteiger partial charge is 0.389 e. The summed E-state index contributed by atoms with van der Waals surface area (Å²) in [6, 6.07) is 4.38. The number of Topliss-reactive ketones (excluding diaryl/α,β-unsaturated/α-hetero) is 1. The van der Waals surface area contributed by atoms with Crippen LogP contribution in [0.15, 0.2) is 24.3 Å². The average molecular weight is 316 g/mol. The predicted octanol–water partition coefficient (Wildman–Crippen LogP) is 5.07. The summed E-state index contributed by atoms with van der Waals surface area (Å²) in [5.41, 5.74) is 5.63. The van der Waals surface area contributed by atoms with Crippen molar-refractivity contribution in [2.24, 2.45) is 0 Å². The summed E-state index contributed by atoms with van der Waals surface area (Å²) >= 11 is 0. The van der Waals surface area contributed by atoms with E-state index in [1.165, 1.54) is 35.1 Å². The lowest BCUT2D eigenvalue weighted by molar-refractivity contribution is -0.121. The molecule has 1 aromatic rings. The van der Waals surface area contributed by atoms with Crippen LogP contribution in [-0.4, -0.2) is 17.5 Å². The molecule has 0 aliphatic heterocycles. The highest BCUT2D eigenvalue weighted by Gasteiger charge is 2.27. The standard InChI is InChI=1S/C19H26O2.C2H6/c1-4-6-15(11-16(21)12-20)17-9-7-13(3)19-14(5-2)8-10-18(17)19;1-2/h4,6-7,9,14-15,20H,5,8,10-12H2,1-3H3;1-2H3/b6-4+;/t14-,15-;/m1./s1. The molecule has 1 aliphatic rings. The number of rotatable bonds is 6. The third-order valence-electron chi connectivity index (χ3n) is 4.70. The number of benzene rings is 1. The molecule has 0 saturated heterocycles. The highest BCUT2D eigenvalue weighted by atomic mass is 16.3. The number of aryl methyl sites for hydroxylation is 1. The zero-order valence-corrected chi connectivity index (χ0v) is 15.4. The number of allylic oxidation sites excluding steroid dienone is 2. The monoisotopic (exact) mass is 316 g/mol. The van der Waals surface area contributed by atoms with Crippen molar-refractivity contribution in [3.05, 3.63) is 46.5 Å². The van der Waals surface area contributed by atoms with Crippen molar-refractivity contribution >= 4 is 5.78 Å². The Bertz CT molecular complexity index is 543. The fourth-order valence-corrected chi connectivity index (χ4v) is 3.69. The van der Waals surface area contributed by atoms with E-state index in [4.69, 9.17) is 5.11 Å². The molecule has 1 N–H and O–H groups in total. The van der Waals surface area contributed by atoms with E-state index >= 15 is 0 Å². The Morgan fingerprint density at radius 2 is 2.09 bits per heavy atom. The average Bonchev–Trinajstić information content (AvgIpc) is 3.01. The third kappa shape index (κ3) is 4.54. The van der Waals surface area contributed by atoms with Gasteiger partial charge in [0.2, 0.25) is 0 Å². The van der Waals surface area contributed by atoms with Crippen LogP contribution in [-0.2, 0) is 11.2 Å². The molecule has 23 heavy (non-hydrogen) atoms. The van der Waals surface area contributed by atoms with Crippen molar-refractivity contribution in [2.75, 3.05) is 6.61 Å². The smallest absolute Gasteiger partial charge is 0.159 e. The summed E-state index contributed by atoms with van der Waals surface area (Å²) in [7, 11) is 0. The quantitative estimate of drug-likeness (QED) is 0.744. The second kappa shape index (κ2) is 9.67. The van der Waals surface area contributed by atoms with E-state index in [9.17, 15) is 4.79 Å². The van der Waals surface area contributed by atoms with Crippen LogP contribution in [0.2, 0.25) is 0 Å². The van der Waals surface area contributed by atoms with Gasteiger partial charge in [-0.05, 0) is 61.3 Å². The van der Waals surface area contributed by atoms with Gasteiger partial charge in [0.25, 0.3) is 0 Å². The Morgan fingerprint density at radius 1 is 1.39 bits per heavy atom. The first-order valence-corrected chi connectivity index (χ1v) is 8.99. The first kappa shape index (κ1) is 19.6. The minimum atomic E-state index is -0.361. The van der Waals surface area contributed by atoms with Crippen LogP contribution in [0.25, 0.3) is 0 Å². The second-order valence-electron chi connectivity index (χ2n) is 6.04. The lowest BCUT2D eigenvalue weighted by Gasteiger charge is -2.19. The number of hydrogen-bond acceptors (Lipinski definition) is 2. The Morgan fingerprint density at radius 3 is 2.65 bits per heavy atom. The van der Waals surface area contributed by atoms with Gasteiger partial charge in [0, 0.05) is 12.3 Å². The number of ketones is 1. The highest BCUT2D eigenvalue weighted by Crippen LogP contribution is 2.42. The molecule has 0 heterocycles. The molecule has 0 spiro atoms. The molecule has 0 unspecified atom stereocenters. The SMILES string of the molecule is C/C=C/[C@H](CC(=O)CO)c1ccc(C)c2c1CC[C@H]2CC.CC. The van der Waals surface area contributed by atoms with Gasteiger partial charge >= 0.3 is 0 Å². The summed E-state index contributed by atoms with van der Waals surface area (Å²) in [6.45, 7) is 10.1. The third-order valence-corrected chi connectivity index (χ3v) is 4.70. The summed E-state index contributed by atoms with van der Waals surface area (Å²) in [4.78, 5) is 11.7. The maximum atomic E-state index is 11.7. The van der Waals surface area contributed by atoms with E-state index in [2.05, 4.69) is 32.1 Å². The van der Waals surface area contributed by atoms with Crippen LogP contribution < -0.4 is 0 Å². The molecule has 0 bridgehead atoms. The van der Waals surface area contributed by atoms with E-state index in [-0.39, 0.29) is 18.3 Å². The first-order chi connectivity index (χ1) is 11.1. The summed E-state index contributed by atoms with van der Waals surface area (Å²) < 4.78 is 0. The molecule has 2 rings (SSSR count). The van der Waals surface area contributed by atoms with Crippen LogP contribution >= 0.6 is 0 Å². The zero-order chi connectivity index (χ0) is 17.4. The fourth-order valence-electron chi connectivity index (χ4n) is 3.69. The minimum Gasteiger partial charge on any atom is -0.389 e. The Balaban J connectivity index is 0.00000127. The Labute approximate surface area is 141 Å². The molecule has 0 fully saturated rings. The Hall–Kier alpha value is -1.41. The normalized spacial score (nSPS) is 17.6. The molecule has 1 aromatic carbocycles. The molecule has 0 amide bonds. The molecule has 2 nitrogen and oxygen atoms in total. The van der Waals surface area contributed by atoms with Gasteiger partial charge in [-0.3, -0.25) is 4.79 Å². The van der Waals surface area contributed by atoms with E-state index in [0.29, 0.717) is 12.3 Å². The van der Waals surface area contributed by atoms with Gasteiger partial charge in [0.15, 0.2) is 5.78 Å². The highest BCUT2D eigenvalue weighted by molar-refractivity contribution is 5.80. The van der Waals surface area contributed by atoms with E-state index in [0.717, 1.165) is 6.42 Å². The number of hydrogen-bond donors (Lipinski definition) is 1. The van der Waals surface area contributed by atoms with Crippen molar-refractivity contribution < 1.29 is 9.90 Å². The molecule has 2 heteroatoms. The number of carbonyl (C=O) groups excluding carboxylic acids is 1. The number of carbonyl (C=O) groups is 1. The van der Waals surface area contributed by atoms with E-state index in [1.54, 1.807) is 0 Å². The molecule has 1 aliphatic carbocycles. The maximum absolute atomic E-state index is 11.7. The molecule has 0 aromatic heterocycles. The van der Waals surface area contributed by atoms with Crippen LogP contribution in [0.5, 0.6) is 0 Å². The molecule has 2 atom stereocenters. The van der Waals surface area contributed by atoms with Gasteiger partial charge in [-0.15, -0.1) is 0 Å². The zero-order valence-electron chi connectivity index (χ0n) is 15.4. The van der Waals surface area contributed by atoms with Gasteiger partial charge in [0.05, 0.1) is 0 Å². The summed E-state index contributed by atoms with van der Waals surface area (Å²) in [6.07, 6.45) is 8.02. The summed E-state index contributed by atoms with van der Waals surface area (Å²) in [5.74, 6) is 0.678. The summed E-state index contributed by atoms with van der Waals surface area (Å²) in [5, 5.41) is 9.04. The maximum Gasteiger partial charge on any atom is 0.159 e. The fraction of sp³-hybridized carbons (Fsp3) is 0.571. The van der Waals surface area contributed by atoms with Crippen molar-refractivity contribution in [3.63, 3.8) is 0 Å². The molecule has 0 radical (unpaired) electrons. The first-order valence-electron chi connectivity index (χ1n) is 8.99. The number of aliphatic hydroxyl groups excluding tert-OH is 1. The van der Waals surface area contributed by atoms with E-state index < -0.39 is 0 Å². The molecular weight excluding hydrogens is 284 g/mol. The van der Waals surface area contributed by atoms with Crippen LogP contribution in [0.4, 0.5) is 0 Å². The van der Waals surface area contributed by atoms with Crippen molar-refractivity contribution in [1.82, 2.24) is 0 Å². The second-order valence-corrected chi connectivity index (χ2v) is 6.04. The van der Waals surface area contributed by atoms with Crippen LogP contribution in [0, 0.1) is 6.92 Å². The van der Waals surface area contributed by atoms with Gasteiger partial charge in [0.1, 0.15) is 6.61 Å². The number of aliphatic hydroxyl groups is 1. The molecule has 128 valence electrons. The van der Waals surface area contributed by atoms with Crippen molar-refractivity contribution in [2.45, 2.75) is 72.1 Å². The Kier molecular flexibility index (Phi) is 8.25. The van der Waals surface area contributed by atoms with E-state index in [1.807, 2.05) is 26.8 Å². The lowest BCUT2D eigenvalue weighted by atomic mass is 9.85. The van der Waals surface area contributed by atoms with Crippen molar-refractivity contribution in [3.8, 4) is 0 Å². The van der Waals surface area contributed by atoms with Gasteiger partial charge in [-0.1, -0.05) is 45.1 Å². The minimum absolute atomic E-state index is 0.0857. The molecular formula is C21H32O2. The predicted molar refractivity (Wildman–Crippen MR) is 98.1 cm³/mol. The van der Waals surface area contributed by atoms with Gasteiger partial charge < -0.3 is 5.11 Å². The lowest BCUT2D eigenvalue weighted by Crippen LogP contribution is -2.11. The van der Waals surface area contributed by atoms with Gasteiger partial charge in [-0.2, -0.15) is 0 Å². The molecule has 0 saturated carbocycles. The van der Waals surface area contributed by atoms with Crippen LogP contribution in [0.1, 0.15) is 81.0 Å². The van der Waals surface area contributed by atoms with Crippen LogP contribution in [0.3, 0.4) is 0 Å². The number of fused-ring (bicyclic) bond motifs is 1. The topological polar surface area (TPSA) is 37.3 Å². The van der Waals surface area contributed by atoms with Gasteiger partial charge in [-0.25, -0.2) is 0 Å².